The van der Waals surface area contributed by atoms with E-state index in [-0.39, 0.29) is 5.91 Å². The molecule has 148 valence electrons. The second-order valence-corrected chi connectivity index (χ2v) is 7.06. The first-order valence-electron chi connectivity index (χ1n) is 9.26. The number of nitrogens with one attached hydrogen (secondary N) is 2. The highest BCUT2D eigenvalue weighted by atomic mass is 35.5. The van der Waals surface area contributed by atoms with Crippen LogP contribution in [-0.4, -0.2) is 20.9 Å². The van der Waals surface area contributed by atoms with Crippen molar-refractivity contribution in [3.8, 4) is 11.3 Å². The summed E-state index contributed by atoms with van der Waals surface area (Å²) in [4.78, 5) is 25.6. The molecule has 7 heteroatoms. The van der Waals surface area contributed by atoms with Crippen LogP contribution in [0.3, 0.4) is 0 Å². The number of anilines is 3. The summed E-state index contributed by atoms with van der Waals surface area (Å²) in [5, 5.41) is 6.69. The predicted octanol–water partition coefficient (Wildman–Crippen LogP) is 5.50. The van der Waals surface area contributed by atoms with E-state index in [0.717, 1.165) is 22.5 Å². The first kappa shape index (κ1) is 19.5. The summed E-state index contributed by atoms with van der Waals surface area (Å²) < 4.78 is 0. The number of pyridine rings is 1. The van der Waals surface area contributed by atoms with Gasteiger partial charge in [-0.1, -0.05) is 17.7 Å². The van der Waals surface area contributed by atoms with Crippen LogP contribution in [0.25, 0.3) is 11.3 Å². The zero-order valence-corrected chi connectivity index (χ0v) is 16.9. The zero-order chi connectivity index (χ0) is 20.9. The van der Waals surface area contributed by atoms with E-state index in [0.29, 0.717) is 22.2 Å². The van der Waals surface area contributed by atoms with E-state index in [4.69, 9.17) is 11.6 Å². The van der Waals surface area contributed by atoms with Gasteiger partial charge >= 0.3 is 0 Å². The van der Waals surface area contributed by atoms with Gasteiger partial charge in [0.1, 0.15) is 0 Å². The van der Waals surface area contributed by atoms with Crippen LogP contribution in [0.15, 0.2) is 79.3 Å². The molecule has 1 amide bonds. The van der Waals surface area contributed by atoms with E-state index in [1.165, 1.54) is 0 Å². The number of halogens is 1. The van der Waals surface area contributed by atoms with Gasteiger partial charge in [0.15, 0.2) is 0 Å². The molecular formula is C23H18ClN5O. The molecule has 0 fully saturated rings. The Morgan fingerprint density at radius 1 is 1.00 bits per heavy atom. The molecular weight excluding hydrogens is 398 g/mol. The number of hydrogen-bond donors (Lipinski definition) is 2. The van der Waals surface area contributed by atoms with Crippen molar-refractivity contribution in [2.75, 3.05) is 10.6 Å². The summed E-state index contributed by atoms with van der Waals surface area (Å²) in [6.45, 7) is 1.95. The lowest BCUT2D eigenvalue weighted by Gasteiger charge is -2.12. The monoisotopic (exact) mass is 415 g/mol. The molecule has 0 aliphatic carbocycles. The number of hydrogen-bond acceptors (Lipinski definition) is 5. The predicted molar refractivity (Wildman–Crippen MR) is 119 cm³/mol. The molecule has 2 aromatic heterocycles. The number of aromatic nitrogens is 3. The van der Waals surface area contributed by atoms with Crippen LogP contribution >= 0.6 is 11.6 Å². The first-order valence-corrected chi connectivity index (χ1v) is 9.64. The molecule has 4 rings (SSSR count). The van der Waals surface area contributed by atoms with Crippen molar-refractivity contribution in [2.24, 2.45) is 0 Å². The van der Waals surface area contributed by atoms with Crippen LogP contribution in [-0.2, 0) is 0 Å². The third kappa shape index (κ3) is 4.61. The first-order chi connectivity index (χ1) is 14.6. The van der Waals surface area contributed by atoms with Gasteiger partial charge in [0.05, 0.1) is 5.69 Å². The highest BCUT2D eigenvalue weighted by molar-refractivity contribution is 6.30. The Labute approximate surface area is 179 Å². The Morgan fingerprint density at radius 3 is 2.60 bits per heavy atom. The summed E-state index contributed by atoms with van der Waals surface area (Å²) in [6, 6.07) is 18.0. The van der Waals surface area contributed by atoms with Gasteiger partial charge in [-0.2, -0.15) is 0 Å². The number of rotatable bonds is 5. The Morgan fingerprint density at radius 2 is 1.83 bits per heavy atom. The van der Waals surface area contributed by atoms with E-state index in [9.17, 15) is 4.79 Å². The van der Waals surface area contributed by atoms with E-state index in [1.54, 1.807) is 55.0 Å². The number of amides is 1. The van der Waals surface area contributed by atoms with E-state index >= 15 is 0 Å². The summed E-state index contributed by atoms with van der Waals surface area (Å²) in [7, 11) is 0. The van der Waals surface area contributed by atoms with Crippen LogP contribution in [0, 0.1) is 6.92 Å². The minimum atomic E-state index is -0.217. The Hall–Kier alpha value is -3.77. The third-order valence-corrected chi connectivity index (χ3v) is 4.71. The van der Waals surface area contributed by atoms with Crippen molar-refractivity contribution in [1.82, 2.24) is 15.0 Å². The van der Waals surface area contributed by atoms with E-state index < -0.39 is 0 Å². The van der Waals surface area contributed by atoms with Crippen molar-refractivity contribution in [3.05, 3.63) is 95.4 Å². The Kier molecular flexibility index (Phi) is 5.68. The molecule has 0 unspecified atom stereocenters. The van der Waals surface area contributed by atoms with Crippen LogP contribution in [0.1, 0.15) is 15.9 Å². The molecule has 0 aliphatic heterocycles. The maximum atomic E-state index is 12.6. The van der Waals surface area contributed by atoms with Crippen molar-refractivity contribution >= 4 is 34.8 Å². The lowest BCUT2D eigenvalue weighted by atomic mass is 10.1. The topological polar surface area (TPSA) is 79.8 Å². The quantitative estimate of drug-likeness (QED) is 0.450. The largest absolute Gasteiger partial charge is 0.324 e. The van der Waals surface area contributed by atoms with E-state index in [2.05, 4.69) is 25.6 Å². The van der Waals surface area contributed by atoms with Crippen molar-refractivity contribution < 1.29 is 4.79 Å². The summed E-state index contributed by atoms with van der Waals surface area (Å²) >= 11 is 5.89. The molecule has 2 heterocycles. The molecule has 0 radical (unpaired) electrons. The number of nitrogens with zero attached hydrogens (tertiary/aromatic N) is 3. The van der Waals surface area contributed by atoms with Crippen molar-refractivity contribution in [1.29, 1.82) is 0 Å². The summed E-state index contributed by atoms with van der Waals surface area (Å²) in [5.41, 5.74) is 4.56. The number of aryl methyl sites for hydroxylation is 1. The van der Waals surface area contributed by atoms with Crippen LogP contribution < -0.4 is 10.6 Å². The molecule has 4 aromatic rings. The second-order valence-electron chi connectivity index (χ2n) is 6.62. The van der Waals surface area contributed by atoms with Crippen LogP contribution in [0.5, 0.6) is 0 Å². The molecule has 0 aliphatic rings. The average molecular weight is 416 g/mol. The van der Waals surface area contributed by atoms with Gasteiger partial charge in [0.2, 0.25) is 5.95 Å². The maximum Gasteiger partial charge on any atom is 0.255 e. The van der Waals surface area contributed by atoms with E-state index in [1.807, 2.05) is 31.2 Å². The molecule has 6 nitrogen and oxygen atoms in total. The highest BCUT2D eigenvalue weighted by Crippen LogP contribution is 2.23. The zero-order valence-electron chi connectivity index (χ0n) is 16.1. The minimum Gasteiger partial charge on any atom is -0.324 e. The molecule has 2 aromatic carbocycles. The van der Waals surface area contributed by atoms with Gasteiger partial charge in [0.25, 0.3) is 5.91 Å². The Balaban J connectivity index is 1.55. The molecule has 30 heavy (non-hydrogen) atoms. The molecule has 0 saturated carbocycles. The third-order valence-electron chi connectivity index (χ3n) is 4.46. The SMILES string of the molecule is Cc1ccc(C(=O)Nc2ccc(Cl)cc2)cc1Nc1nccc(-c2cccnc2)n1. The van der Waals surface area contributed by atoms with Gasteiger partial charge in [-0.3, -0.25) is 9.78 Å². The smallest absolute Gasteiger partial charge is 0.255 e. The molecule has 0 saturated heterocycles. The molecule has 0 atom stereocenters. The van der Waals surface area contributed by atoms with Gasteiger partial charge in [-0.25, -0.2) is 9.97 Å². The normalized spacial score (nSPS) is 10.5. The fourth-order valence-electron chi connectivity index (χ4n) is 2.85. The average Bonchev–Trinajstić information content (AvgIpc) is 2.77. The van der Waals surface area contributed by atoms with Crippen molar-refractivity contribution in [3.63, 3.8) is 0 Å². The van der Waals surface area contributed by atoms with Gasteiger partial charge in [0, 0.05) is 46.1 Å². The highest BCUT2D eigenvalue weighted by Gasteiger charge is 2.10. The van der Waals surface area contributed by atoms with Crippen LogP contribution in [0.2, 0.25) is 5.02 Å². The molecule has 0 bridgehead atoms. The van der Waals surface area contributed by atoms with Gasteiger partial charge < -0.3 is 10.6 Å². The number of carbonyl (C=O) groups excluding carboxylic acids is 1. The standard InChI is InChI=1S/C23H18ClN5O/c1-15-4-5-16(22(30)27-19-8-6-18(24)7-9-19)13-21(15)29-23-26-12-10-20(28-23)17-3-2-11-25-14-17/h2-14H,1H3,(H,27,30)(H,26,28,29). The summed E-state index contributed by atoms with van der Waals surface area (Å²) in [5.74, 6) is 0.222. The Bertz CT molecular complexity index is 1180. The number of benzene rings is 2. The fourth-order valence-corrected chi connectivity index (χ4v) is 2.97. The maximum absolute atomic E-state index is 12.6. The second kappa shape index (κ2) is 8.71. The van der Waals surface area contributed by atoms with Crippen molar-refractivity contribution in [2.45, 2.75) is 6.92 Å². The number of carbonyl (C=O) groups is 1. The molecule has 0 spiro atoms. The van der Waals surface area contributed by atoms with Gasteiger partial charge in [-0.05, 0) is 67.1 Å². The van der Waals surface area contributed by atoms with Crippen LogP contribution in [0.4, 0.5) is 17.3 Å². The minimum absolute atomic E-state index is 0.217. The van der Waals surface area contributed by atoms with Gasteiger partial charge in [-0.15, -0.1) is 0 Å². The lowest BCUT2D eigenvalue weighted by Crippen LogP contribution is -2.12. The lowest BCUT2D eigenvalue weighted by molar-refractivity contribution is 0.102. The fraction of sp³-hybridized carbons (Fsp3) is 0.0435. The summed E-state index contributed by atoms with van der Waals surface area (Å²) in [6.07, 6.45) is 5.15. The molecule has 2 N–H and O–H groups in total.